The number of hydrogen-bond donors (Lipinski definition) is 2. The molecule has 1 aliphatic heterocycles. The minimum absolute atomic E-state index is 0.0502. The average Bonchev–Trinajstić information content (AvgIpc) is 3.02. The first-order chi connectivity index (χ1) is 21.3. The van der Waals surface area contributed by atoms with Gasteiger partial charge in [0.05, 0.1) is 16.4 Å². The Balaban J connectivity index is 0.967. The van der Waals surface area contributed by atoms with Crippen LogP contribution in [0.2, 0.25) is 0 Å². The molecule has 3 aromatic rings. The normalized spacial score (nSPS) is 26.9. The molecule has 9 heteroatoms. The standard InChI is InChI=1S/C35H40N4O3S2/c40-33(35-22-25-19-26(23-35)21-27(20-25)24-35)37-34(43)36-30-11-13-31(14-12-30)44(41,42)39-17-15-38(16-18-39)32(28-7-3-1-4-8-28)29-9-5-2-6-10-29/h1-14,25-27,32H,15-24H2,(H2,36,37,40,43). The number of carbonyl (C=O) groups is 1. The fraction of sp³-hybridized carbons (Fsp3) is 0.429. The van der Waals surface area contributed by atoms with Gasteiger partial charge in [-0.1, -0.05) is 60.7 Å². The summed E-state index contributed by atoms with van der Waals surface area (Å²) in [4.78, 5) is 16.0. The van der Waals surface area contributed by atoms with Crippen LogP contribution in [0.25, 0.3) is 0 Å². The fourth-order valence-electron chi connectivity index (χ4n) is 8.73. The molecule has 230 valence electrons. The van der Waals surface area contributed by atoms with Crippen LogP contribution in [-0.2, 0) is 14.8 Å². The minimum atomic E-state index is -3.65. The monoisotopic (exact) mass is 628 g/mol. The molecule has 3 aromatic carbocycles. The first kappa shape index (κ1) is 29.6. The molecule has 2 N–H and O–H groups in total. The van der Waals surface area contributed by atoms with E-state index in [2.05, 4.69) is 39.8 Å². The highest BCUT2D eigenvalue weighted by atomic mass is 32.2. The van der Waals surface area contributed by atoms with Gasteiger partial charge in [0.15, 0.2) is 5.11 Å². The number of amides is 1. The van der Waals surface area contributed by atoms with Crippen LogP contribution in [-0.4, -0.2) is 54.8 Å². The first-order valence-corrected chi connectivity index (χ1v) is 17.7. The van der Waals surface area contributed by atoms with Crippen molar-refractivity contribution >= 4 is 38.9 Å². The molecule has 5 fully saturated rings. The van der Waals surface area contributed by atoms with Crippen molar-refractivity contribution in [1.82, 2.24) is 14.5 Å². The van der Waals surface area contributed by atoms with Crippen molar-refractivity contribution in [1.29, 1.82) is 0 Å². The summed E-state index contributed by atoms with van der Waals surface area (Å²) in [5.74, 6) is 2.09. The van der Waals surface area contributed by atoms with Crippen LogP contribution >= 0.6 is 12.2 Å². The maximum atomic E-state index is 13.6. The van der Waals surface area contributed by atoms with E-state index in [9.17, 15) is 13.2 Å². The SMILES string of the molecule is O=C(NC(=S)Nc1ccc(S(=O)(=O)N2CCN(C(c3ccccc3)c3ccccc3)CC2)cc1)C12CC3CC(CC(C3)C1)C2. The molecule has 4 bridgehead atoms. The van der Waals surface area contributed by atoms with E-state index >= 15 is 0 Å². The lowest BCUT2D eigenvalue weighted by molar-refractivity contribution is -0.144. The second-order valence-electron chi connectivity index (χ2n) is 13.3. The van der Waals surface area contributed by atoms with Crippen LogP contribution < -0.4 is 10.6 Å². The second kappa shape index (κ2) is 12.0. The third kappa shape index (κ3) is 5.83. The number of hydrogen-bond acceptors (Lipinski definition) is 5. The lowest BCUT2D eigenvalue weighted by atomic mass is 9.49. The minimum Gasteiger partial charge on any atom is -0.332 e. The van der Waals surface area contributed by atoms with E-state index in [0.717, 1.165) is 19.3 Å². The van der Waals surface area contributed by atoms with E-state index in [1.54, 1.807) is 28.6 Å². The molecular weight excluding hydrogens is 589 g/mol. The molecule has 4 saturated carbocycles. The summed E-state index contributed by atoms with van der Waals surface area (Å²) in [6.45, 7) is 2.09. The number of nitrogens with zero attached hydrogens (tertiary/aromatic N) is 2. The van der Waals surface area contributed by atoms with Gasteiger partial charge in [-0.05, 0) is 104 Å². The van der Waals surface area contributed by atoms with Crippen molar-refractivity contribution in [3.63, 3.8) is 0 Å². The van der Waals surface area contributed by atoms with Crippen LogP contribution in [0.5, 0.6) is 0 Å². The summed E-state index contributed by atoms with van der Waals surface area (Å²) in [6, 6.07) is 27.5. The highest BCUT2D eigenvalue weighted by molar-refractivity contribution is 7.89. The summed E-state index contributed by atoms with van der Waals surface area (Å²) in [5, 5.41) is 6.33. The maximum Gasteiger partial charge on any atom is 0.243 e. The van der Waals surface area contributed by atoms with E-state index < -0.39 is 10.0 Å². The topological polar surface area (TPSA) is 81.8 Å². The van der Waals surface area contributed by atoms with E-state index in [1.807, 2.05) is 36.4 Å². The van der Waals surface area contributed by atoms with E-state index in [1.165, 1.54) is 30.4 Å². The maximum absolute atomic E-state index is 13.6. The highest BCUT2D eigenvalue weighted by Crippen LogP contribution is 2.60. The van der Waals surface area contributed by atoms with Crippen LogP contribution in [0.4, 0.5) is 5.69 Å². The predicted molar refractivity (Wildman–Crippen MR) is 176 cm³/mol. The Morgan fingerprint density at radius 2 is 1.25 bits per heavy atom. The van der Waals surface area contributed by atoms with Gasteiger partial charge in [0.1, 0.15) is 0 Å². The number of nitrogens with one attached hydrogen (secondary N) is 2. The summed E-state index contributed by atoms with van der Waals surface area (Å²) in [6.07, 6.45) is 6.78. The Kier molecular flexibility index (Phi) is 8.07. The Morgan fingerprint density at radius 3 is 1.75 bits per heavy atom. The van der Waals surface area contributed by atoms with Crippen LogP contribution in [0.3, 0.4) is 0 Å². The molecule has 0 radical (unpaired) electrons. The number of benzene rings is 3. The van der Waals surface area contributed by atoms with E-state index in [0.29, 0.717) is 49.6 Å². The molecule has 8 rings (SSSR count). The summed E-state index contributed by atoms with van der Waals surface area (Å²) < 4.78 is 28.8. The number of sulfonamides is 1. The number of carbonyl (C=O) groups excluding carboxylic acids is 1. The lowest BCUT2D eigenvalue weighted by Gasteiger charge is -2.55. The van der Waals surface area contributed by atoms with Gasteiger partial charge in [-0.25, -0.2) is 8.42 Å². The number of piperazine rings is 1. The van der Waals surface area contributed by atoms with Gasteiger partial charge in [0.25, 0.3) is 0 Å². The third-order valence-corrected chi connectivity index (χ3v) is 12.5. The Morgan fingerprint density at radius 1 is 0.750 bits per heavy atom. The van der Waals surface area contributed by atoms with Crippen LogP contribution in [0.15, 0.2) is 89.8 Å². The molecule has 0 spiro atoms. The van der Waals surface area contributed by atoms with Gasteiger partial charge in [-0.3, -0.25) is 9.69 Å². The van der Waals surface area contributed by atoms with E-state index in [-0.39, 0.29) is 27.4 Å². The smallest absolute Gasteiger partial charge is 0.243 e. The van der Waals surface area contributed by atoms with Gasteiger partial charge in [-0.2, -0.15) is 4.31 Å². The van der Waals surface area contributed by atoms with Gasteiger partial charge in [0.2, 0.25) is 15.9 Å². The molecule has 1 saturated heterocycles. The Hall–Kier alpha value is -3.11. The van der Waals surface area contributed by atoms with Crippen LogP contribution in [0.1, 0.15) is 55.7 Å². The van der Waals surface area contributed by atoms with Crippen molar-refractivity contribution in [2.24, 2.45) is 23.2 Å². The summed E-state index contributed by atoms with van der Waals surface area (Å²) >= 11 is 5.50. The van der Waals surface area contributed by atoms with E-state index in [4.69, 9.17) is 12.2 Å². The van der Waals surface area contributed by atoms with Crippen molar-refractivity contribution in [3.05, 3.63) is 96.1 Å². The predicted octanol–water partition coefficient (Wildman–Crippen LogP) is 5.81. The first-order valence-electron chi connectivity index (χ1n) is 15.9. The molecule has 1 heterocycles. The molecular formula is C35H40N4O3S2. The van der Waals surface area contributed by atoms with Gasteiger partial charge < -0.3 is 10.6 Å². The third-order valence-electron chi connectivity index (χ3n) is 10.4. The summed E-state index contributed by atoms with van der Waals surface area (Å²) in [7, 11) is -3.65. The molecule has 5 aliphatic rings. The van der Waals surface area contributed by atoms with Crippen molar-refractivity contribution in [2.75, 3.05) is 31.5 Å². The average molecular weight is 629 g/mol. The van der Waals surface area contributed by atoms with Gasteiger partial charge in [-0.15, -0.1) is 0 Å². The molecule has 0 unspecified atom stereocenters. The lowest BCUT2D eigenvalue weighted by Crippen LogP contribution is -2.55. The molecule has 4 aliphatic carbocycles. The molecule has 44 heavy (non-hydrogen) atoms. The molecule has 0 atom stereocenters. The Bertz CT molecular complexity index is 1530. The zero-order chi connectivity index (χ0) is 30.3. The zero-order valence-electron chi connectivity index (χ0n) is 24.9. The Labute approximate surface area is 266 Å². The van der Waals surface area contributed by atoms with Crippen LogP contribution in [0, 0.1) is 23.2 Å². The fourth-order valence-corrected chi connectivity index (χ4v) is 10.4. The number of rotatable bonds is 7. The molecule has 0 aromatic heterocycles. The number of thiocarbonyl (C=S) groups is 1. The zero-order valence-corrected chi connectivity index (χ0v) is 26.5. The summed E-state index contributed by atoms with van der Waals surface area (Å²) in [5.41, 5.74) is 2.78. The highest BCUT2D eigenvalue weighted by Gasteiger charge is 2.54. The largest absolute Gasteiger partial charge is 0.332 e. The van der Waals surface area contributed by atoms with Crippen molar-refractivity contribution in [3.8, 4) is 0 Å². The molecule has 1 amide bonds. The van der Waals surface area contributed by atoms with Crippen molar-refractivity contribution in [2.45, 2.75) is 49.5 Å². The van der Waals surface area contributed by atoms with Gasteiger partial charge in [0, 0.05) is 31.9 Å². The van der Waals surface area contributed by atoms with Crippen molar-refractivity contribution < 1.29 is 13.2 Å². The quantitative estimate of drug-likeness (QED) is 0.322. The number of anilines is 1. The van der Waals surface area contributed by atoms with Gasteiger partial charge >= 0.3 is 0 Å². The second-order valence-corrected chi connectivity index (χ2v) is 15.6. The molecule has 7 nitrogen and oxygen atoms in total.